The van der Waals surface area contributed by atoms with Gasteiger partial charge >= 0.3 is 0 Å². The number of amides is 2. The van der Waals surface area contributed by atoms with Crippen molar-refractivity contribution >= 4 is 39.1 Å². The summed E-state index contributed by atoms with van der Waals surface area (Å²) < 4.78 is 25.2. The topological polar surface area (TPSA) is 127 Å². The lowest BCUT2D eigenvalue weighted by molar-refractivity contribution is -0.126. The van der Waals surface area contributed by atoms with Crippen LogP contribution in [-0.2, 0) is 26.2 Å². The fourth-order valence-electron chi connectivity index (χ4n) is 4.13. The van der Waals surface area contributed by atoms with Crippen LogP contribution in [-0.4, -0.2) is 36.3 Å². The van der Waals surface area contributed by atoms with Crippen LogP contribution >= 0.6 is 11.6 Å². The molecule has 1 saturated heterocycles. The molecule has 9 nitrogen and oxygen atoms in total. The van der Waals surface area contributed by atoms with E-state index in [9.17, 15) is 18.0 Å². The molecule has 4 rings (SSSR count). The van der Waals surface area contributed by atoms with Gasteiger partial charge in [-0.2, -0.15) is 0 Å². The molecule has 3 aromatic rings. The first-order chi connectivity index (χ1) is 16.2. The van der Waals surface area contributed by atoms with Crippen LogP contribution in [0.2, 0.25) is 5.02 Å². The molecule has 2 heterocycles. The molecule has 34 heavy (non-hydrogen) atoms. The summed E-state index contributed by atoms with van der Waals surface area (Å²) in [5.74, 6) is -1.08. The summed E-state index contributed by atoms with van der Waals surface area (Å²) in [7, 11) is -3.87. The van der Waals surface area contributed by atoms with Gasteiger partial charge in [-0.3, -0.25) is 9.59 Å². The van der Waals surface area contributed by atoms with Gasteiger partial charge in [-0.15, -0.1) is 0 Å². The number of benzene rings is 2. The highest BCUT2D eigenvalue weighted by atomic mass is 35.5. The van der Waals surface area contributed by atoms with Crippen LogP contribution in [0.25, 0.3) is 0 Å². The number of sulfonamides is 1. The third-order valence-corrected chi connectivity index (χ3v) is 6.95. The van der Waals surface area contributed by atoms with Gasteiger partial charge in [-0.1, -0.05) is 23.7 Å². The second-order valence-electron chi connectivity index (χ2n) is 8.05. The van der Waals surface area contributed by atoms with Crippen molar-refractivity contribution in [2.45, 2.75) is 30.3 Å². The Morgan fingerprint density at radius 3 is 2.47 bits per heavy atom. The van der Waals surface area contributed by atoms with Crippen LogP contribution in [0.3, 0.4) is 0 Å². The van der Waals surface area contributed by atoms with Gasteiger partial charge in [0.2, 0.25) is 21.8 Å². The van der Waals surface area contributed by atoms with Crippen molar-refractivity contribution < 1.29 is 18.0 Å². The maximum atomic E-state index is 13.1. The highest BCUT2D eigenvalue weighted by Crippen LogP contribution is 2.42. The van der Waals surface area contributed by atoms with E-state index in [1.807, 2.05) is 10.8 Å². The molecule has 2 amide bonds. The molecule has 1 aliphatic rings. The Kier molecular flexibility index (Phi) is 7.01. The average Bonchev–Trinajstić information content (AvgIpc) is 3.44. The lowest BCUT2D eigenvalue weighted by atomic mass is 9.92. The molecule has 1 aliphatic heterocycles. The van der Waals surface area contributed by atoms with Gasteiger partial charge < -0.3 is 14.8 Å². The summed E-state index contributed by atoms with van der Waals surface area (Å²) in [6.45, 7) is 1.17. The van der Waals surface area contributed by atoms with Gasteiger partial charge in [0.15, 0.2) is 0 Å². The van der Waals surface area contributed by atoms with Crippen LogP contribution in [0.15, 0.2) is 72.1 Å². The minimum Gasteiger partial charge on any atom is -0.356 e. The van der Waals surface area contributed by atoms with Crippen molar-refractivity contribution in [3.63, 3.8) is 0 Å². The predicted octanol–water partition coefficient (Wildman–Crippen LogP) is 2.48. The number of hydrogen-bond donors (Lipinski definition) is 2. The Bertz CT molecular complexity index is 1260. The number of carbonyl (C=O) groups is 2. The summed E-state index contributed by atoms with van der Waals surface area (Å²) in [4.78, 5) is 31.7. The summed E-state index contributed by atoms with van der Waals surface area (Å²) >= 11 is 6.05. The highest BCUT2D eigenvalue weighted by molar-refractivity contribution is 7.89. The molecular weight excluding hydrogens is 478 g/mol. The highest BCUT2D eigenvalue weighted by Gasteiger charge is 2.45. The number of carbonyl (C=O) groups excluding carboxylic acids is 2. The first kappa shape index (κ1) is 23.9. The molecule has 2 atom stereocenters. The monoisotopic (exact) mass is 501 g/mol. The van der Waals surface area contributed by atoms with E-state index in [2.05, 4.69) is 10.3 Å². The second kappa shape index (κ2) is 9.96. The molecule has 0 radical (unpaired) electrons. The number of aryl methyl sites for hydroxylation is 1. The molecule has 2 aromatic carbocycles. The molecule has 1 aromatic heterocycles. The fraction of sp³-hybridized carbons (Fsp3) is 0.261. The van der Waals surface area contributed by atoms with E-state index >= 15 is 0 Å². The molecule has 178 valence electrons. The summed E-state index contributed by atoms with van der Waals surface area (Å²) in [6, 6.07) is 12.2. The van der Waals surface area contributed by atoms with Crippen molar-refractivity contribution in [1.29, 1.82) is 0 Å². The molecule has 0 unspecified atom stereocenters. The smallest absolute Gasteiger partial charge is 0.238 e. The van der Waals surface area contributed by atoms with E-state index in [1.54, 1.807) is 36.8 Å². The zero-order valence-electron chi connectivity index (χ0n) is 18.2. The maximum Gasteiger partial charge on any atom is 0.238 e. The molecule has 0 spiro atoms. The van der Waals surface area contributed by atoms with Gasteiger partial charge in [-0.25, -0.2) is 18.5 Å². The summed E-state index contributed by atoms with van der Waals surface area (Å²) in [5.41, 5.74) is 1.23. The second-order valence-corrected chi connectivity index (χ2v) is 10.1. The number of aromatic nitrogens is 2. The SMILES string of the molecule is NS(=O)(=O)c1ccc(N2C(=O)C[C@H](C(=O)NCCCn3ccnc3)[C@H]2c2ccc(Cl)cc2)cc1. The predicted molar refractivity (Wildman–Crippen MR) is 127 cm³/mol. The first-order valence-corrected chi connectivity index (χ1v) is 12.6. The molecule has 0 saturated carbocycles. The number of anilines is 1. The Morgan fingerprint density at radius 2 is 1.85 bits per heavy atom. The molecule has 3 N–H and O–H groups in total. The van der Waals surface area contributed by atoms with Crippen molar-refractivity contribution in [2.75, 3.05) is 11.4 Å². The molecule has 0 bridgehead atoms. The van der Waals surface area contributed by atoms with Crippen LogP contribution in [0.1, 0.15) is 24.4 Å². The van der Waals surface area contributed by atoms with Crippen molar-refractivity contribution in [2.24, 2.45) is 11.1 Å². The van der Waals surface area contributed by atoms with Crippen molar-refractivity contribution in [3.05, 3.63) is 77.8 Å². The lowest BCUT2D eigenvalue weighted by Gasteiger charge is -2.28. The van der Waals surface area contributed by atoms with E-state index in [-0.39, 0.29) is 23.1 Å². The average molecular weight is 502 g/mol. The van der Waals surface area contributed by atoms with Crippen LogP contribution in [0.5, 0.6) is 0 Å². The number of primary sulfonamides is 1. The maximum absolute atomic E-state index is 13.1. The molecule has 0 aliphatic carbocycles. The van der Waals surface area contributed by atoms with E-state index in [0.717, 1.165) is 5.56 Å². The zero-order chi connectivity index (χ0) is 24.3. The van der Waals surface area contributed by atoms with Gasteiger partial charge in [0, 0.05) is 42.6 Å². The fourth-order valence-corrected chi connectivity index (χ4v) is 4.78. The number of rotatable bonds is 8. The number of nitrogens with one attached hydrogen (secondary N) is 1. The molecule has 11 heteroatoms. The number of nitrogens with two attached hydrogens (primary N) is 1. The molecular formula is C23H24ClN5O4S. The van der Waals surface area contributed by atoms with Crippen molar-refractivity contribution in [3.8, 4) is 0 Å². The Morgan fingerprint density at radius 1 is 1.15 bits per heavy atom. The van der Waals surface area contributed by atoms with Crippen LogP contribution in [0, 0.1) is 5.92 Å². The number of halogens is 1. The standard InChI is InChI=1S/C23H24ClN5O4S/c24-17-4-2-16(3-5-17)22-20(23(31)27-10-1-12-28-13-11-26-15-28)14-21(30)29(22)18-6-8-19(9-7-18)34(25,32)33/h2-9,11,13,15,20,22H,1,10,12,14H2,(H,27,31)(H2,25,32,33)/t20-,22+/m0/s1. The van der Waals surface area contributed by atoms with Crippen LogP contribution < -0.4 is 15.4 Å². The Labute approximate surface area is 202 Å². The minimum atomic E-state index is -3.87. The van der Waals surface area contributed by atoms with Crippen molar-refractivity contribution in [1.82, 2.24) is 14.9 Å². The lowest BCUT2D eigenvalue weighted by Crippen LogP contribution is -2.36. The minimum absolute atomic E-state index is 0.0254. The third-order valence-electron chi connectivity index (χ3n) is 5.77. The molecule has 1 fully saturated rings. The van der Waals surface area contributed by atoms with Gasteiger partial charge in [0.1, 0.15) is 0 Å². The van der Waals surface area contributed by atoms with E-state index in [0.29, 0.717) is 30.2 Å². The van der Waals surface area contributed by atoms with Gasteiger partial charge in [-0.05, 0) is 48.4 Å². The number of imidazole rings is 1. The number of hydrogen-bond acceptors (Lipinski definition) is 5. The Hall–Kier alpha value is -3.21. The Balaban J connectivity index is 1.56. The van der Waals surface area contributed by atoms with E-state index in [4.69, 9.17) is 16.7 Å². The number of nitrogens with zero attached hydrogens (tertiary/aromatic N) is 3. The zero-order valence-corrected chi connectivity index (χ0v) is 19.7. The van der Waals surface area contributed by atoms with Gasteiger partial charge in [0.25, 0.3) is 0 Å². The van der Waals surface area contributed by atoms with E-state index in [1.165, 1.54) is 29.2 Å². The summed E-state index contributed by atoms with van der Waals surface area (Å²) in [5, 5.41) is 8.68. The third kappa shape index (κ3) is 5.30. The van der Waals surface area contributed by atoms with E-state index < -0.39 is 22.0 Å². The first-order valence-electron chi connectivity index (χ1n) is 10.7. The normalized spacial score (nSPS) is 18.3. The van der Waals surface area contributed by atoms with Crippen LogP contribution in [0.4, 0.5) is 5.69 Å². The quantitative estimate of drug-likeness (QED) is 0.458. The summed E-state index contributed by atoms with van der Waals surface area (Å²) in [6.07, 6.45) is 6.01. The largest absolute Gasteiger partial charge is 0.356 e. The van der Waals surface area contributed by atoms with Gasteiger partial charge in [0.05, 0.1) is 23.2 Å².